The zero-order chi connectivity index (χ0) is 16.4. The fraction of sp³-hybridized carbons (Fsp3) is 0.176. The zero-order valence-corrected chi connectivity index (χ0v) is 14.2. The molecule has 1 aliphatic heterocycles. The van der Waals surface area contributed by atoms with Crippen molar-refractivity contribution in [1.82, 2.24) is 15.2 Å². The Labute approximate surface area is 148 Å². The highest BCUT2D eigenvalue weighted by atomic mass is 35.5. The number of H-pyrrole nitrogens is 1. The third-order valence-electron chi connectivity index (χ3n) is 3.62. The van der Waals surface area contributed by atoms with Gasteiger partial charge in [-0.2, -0.15) is 0 Å². The number of aromatic nitrogens is 3. The van der Waals surface area contributed by atoms with Gasteiger partial charge >= 0.3 is 0 Å². The maximum Gasteiger partial charge on any atom is 0.209 e. The zero-order valence-electron chi connectivity index (χ0n) is 12.7. The molecule has 0 saturated carbocycles. The van der Waals surface area contributed by atoms with Crippen LogP contribution in [0.1, 0.15) is 11.1 Å². The summed E-state index contributed by atoms with van der Waals surface area (Å²) in [5.41, 5.74) is 3.01. The number of hydrogen-bond donors (Lipinski definition) is 1. The Kier molecular flexibility index (Phi) is 4.42. The lowest BCUT2D eigenvalue weighted by Crippen LogP contribution is -2.12. The van der Waals surface area contributed by atoms with Crippen molar-refractivity contribution in [2.24, 2.45) is 0 Å². The van der Waals surface area contributed by atoms with E-state index in [1.54, 1.807) is 0 Å². The van der Waals surface area contributed by atoms with Crippen LogP contribution in [0.2, 0.25) is 5.02 Å². The number of ether oxygens (including phenoxy) is 2. The summed E-state index contributed by atoms with van der Waals surface area (Å²) in [7, 11) is 0. The molecule has 0 amide bonds. The monoisotopic (exact) mass is 359 g/mol. The minimum absolute atomic E-state index is 0.269. The van der Waals surface area contributed by atoms with Gasteiger partial charge in [0.05, 0.1) is 6.61 Å². The van der Waals surface area contributed by atoms with E-state index in [1.807, 2.05) is 42.5 Å². The van der Waals surface area contributed by atoms with Gasteiger partial charge in [-0.25, -0.2) is 4.98 Å². The van der Waals surface area contributed by atoms with Crippen molar-refractivity contribution in [2.45, 2.75) is 17.5 Å². The molecule has 0 atom stereocenters. The van der Waals surface area contributed by atoms with E-state index in [0.29, 0.717) is 22.5 Å². The summed E-state index contributed by atoms with van der Waals surface area (Å²) in [6.07, 6.45) is 0. The summed E-state index contributed by atoms with van der Waals surface area (Å²) < 4.78 is 10.9. The Morgan fingerprint density at radius 3 is 2.96 bits per heavy atom. The first kappa shape index (κ1) is 15.5. The number of halogens is 1. The van der Waals surface area contributed by atoms with Crippen LogP contribution >= 0.6 is 23.4 Å². The van der Waals surface area contributed by atoms with Crippen LogP contribution in [0.15, 0.2) is 47.6 Å². The smallest absolute Gasteiger partial charge is 0.209 e. The molecular weight excluding hydrogens is 346 g/mol. The van der Waals surface area contributed by atoms with Crippen LogP contribution in [0, 0.1) is 0 Å². The number of rotatable bonds is 4. The summed E-state index contributed by atoms with van der Waals surface area (Å²) in [5.74, 6) is 2.29. The molecule has 5 nitrogen and oxygen atoms in total. The van der Waals surface area contributed by atoms with Crippen molar-refractivity contribution in [3.63, 3.8) is 0 Å². The normalized spacial score (nSPS) is 13.4. The highest BCUT2D eigenvalue weighted by molar-refractivity contribution is 7.98. The molecule has 0 spiro atoms. The lowest BCUT2D eigenvalue weighted by molar-refractivity contribution is -0.0168. The third-order valence-corrected chi connectivity index (χ3v) is 4.73. The van der Waals surface area contributed by atoms with Gasteiger partial charge in [0.25, 0.3) is 0 Å². The molecule has 3 aromatic rings. The predicted octanol–water partition coefficient (Wildman–Crippen LogP) is 4.28. The molecule has 1 aliphatic rings. The summed E-state index contributed by atoms with van der Waals surface area (Å²) >= 11 is 7.73. The first-order chi connectivity index (χ1) is 11.8. The largest absolute Gasteiger partial charge is 0.467 e. The number of thioether (sulfide) groups is 1. The Hall–Kier alpha value is -2.02. The fourth-order valence-corrected chi connectivity index (χ4v) is 3.57. The highest BCUT2D eigenvalue weighted by Gasteiger charge is 2.17. The highest BCUT2D eigenvalue weighted by Crippen LogP contribution is 2.35. The molecular formula is C17H14ClN3O2S. The van der Waals surface area contributed by atoms with E-state index >= 15 is 0 Å². The minimum atomic E-state index is 0.269. The summed E-state index contributed by atoms with van der Waals surface area (Å²) in [6, 6.07) is 13.7. The van der Waals surface area contributed by atoms with E-state index in [-0.39, 0.29) is 6.79 Å². The second kappa shape index (κ2) is 6.84. The van der Waals surface area contributed by atoms with Crippen LogP contribution in [0.4, 0.5) is 0 Å². The van der Waals surface area contributed by atoms with E-state index in [4.69, 9.17) is 21.1 Å². The Morgan fingerprint density at radius 1 is 1.21 bits per heavy atom. The Balaban J connectivity index is 1.52. The van der Waals surface area contributed by atoms with Gasteiger partial charge in [0.15, 0.2) is 12.6 Å². The first-order valence-electron chi connectivity index (χ1n) is 7.42. The fourth-order valence-electron chi connectivity index (χ4n) is 2.54. The lowest BCUT2D eigenvalue weighted by Gasteiger charge is -2.20. The molecule has 0 saturated heterocycles. The van der Waals surface area contributed by atoms with Gasteiger partial charge < -0.3 is 9.47 Å². The molecule has 0 aliphatic carbocycles. The molecule has 7 heteroatoms. The van der Waals surface area contributed by atoms with Crippen molar-refractivity contribution in [1.29, 1.82) is 0 Å². The Morgan fingerprint density at radius 2 is 2.08 bits per heavy atom. The number of hydrogen-bond acceptors (Lipinski definition) is 5. The van der Waals surface area contributed by atoms with Crippen molar-refractivity contribution in [3.8, 4) is 17.1 Å². The number of nitrogens with one attached hydrogen (secondary N) is 1. The number of fused-ring (bicyclic) bond motifs is 1. The topological polar surface area (TPSA) is 60.0 Å². The van der Waals surface area contributed by atoms with Gasteiger partial charge in [0, 0.05) is 27.5 Å². The quantitative estimate of drug-likeness (QED) is 0.704. The van der Waals surface area contributed by atoms with Gasteiger partial charge in [0.2, 0.25) is 5.16 Å². The lowest BCUT2D eigenvalue weighted by atomic mass is 10.1. The van der Waals surface area contributed by atoms with E-state index in [0.717, 1.165) is 28.3 Å². The molecule has 0 radical (unpaired) electrons. The molecule has 2 heterocycles. The Bertz CT molecular complexity index is 854. The predicted molar refractivity (Wildman–Crippen MR) is 93.1 cm³/mol. The van der Waals surface area contributed by atoms with Crippen molar-refractivity contribution in [2.75, 3.05) is 6.79 Å². The minimum Gasteiger partial charge on any atom is -0.467 e. The maximum atomic E-state index is 6.19. The van der Waals surface area contributed by atoms with Crippen molar-refractivity contribution in [3.05, 3.63) is 58.6 Å². The van der Waals surface area contributed by atoms with Crippen molar-refractivity contribution < 1.29 is 9.47 Å². The maximum absolute atomic E-state index is 6.19. The molecule has 24 heavy (non-hydrogen) atoms. The number of nitrogens with zero attached hydrogens (tertiary/aromatic N) is 2. The van der Waals surface area contributed by atoms with Crippen LogP contribution in [-0.4, -0.2) is 22.0 Å². The van der Waals surface area contributed by atoms with E-state index < -0.39 is 0 Å². The van der Waals surface area contributed by atoms with Gasteiger partial charge in [0.1, 0.15) is 5.75 Å². The van der Waals surface area contributed by atoms with Gasteiger partial charge in [-0.15, -0.1) is 5.10 Å². The second-order valence-electron chi connectivity index (χ2n) is 5.29. The SMILES string of the molecule is Clc1cc2c(c(CSc3n[nH]c(-c4ccccc4)n3)c1)OCOC2. The van der Waals surface area contributed by atoms with Crippen LogP contribution < -0.4 is 4.74 Å². The van der Waals surface area contributed by atoms with E-state index in [9.17, 15) is 0 Å². The summed E-state index contributed by atoms with van der Waals surface area (Å²) in [4.78, 5) is 4.53. The molecule has 122 valence electrons. The molecule has 1 aromatic heterocycles. The van der Waals surface area contributed by atoms with Gasteiger partial charge in [-0.05, 0) is 12.1 Å². The van der Waals surface area contributed by atoms with Gasteiger partial charge in [-0.1, -0.05) is 53.7 Å². The van der Waals surface area contributed by atoms with Crippen LogP contribution in [0.5, 0.6) is 5.75 Å². The molecule has 0 fully saturated rings. The third kappa shape index (κ3) is 3.26. The van der Waals surface area contributed by atoms with Crippen molar-refractivity contribution >= 4 is 23.4 Å². The summed E-state index contributed by atoms with van der Waals surface area (Å²) in [6.45, 7) is 0.789. The molecule has 1 N–H and O–H groups in total. The van der Waals surface area contributed by atoms with Gasteiger partial charge in [-0.3, -0.25) is 5.10 Å². The number of benzene rings is 2. The molecule has 0 bridgehead atoms. The van der Waals surface area contributed by atoms with E-state index in [2.05, 4.69) is 15.2 Å². The summed E-state index contributed by atoms with van der Waals surface area (Å²) in [5, 5.41) is 8.61. The van der Waals surface area contributed by atoms with Crippen LogP contribution in [0.3, 0.4) is 0 Å². The molecule has 0 unspecified atom stereocenters. The number of aromatic amines is 1. The standard InChI is InChI=1S/C17H14ClN3O2S/c18-14-6-12-8-22-10-23-15(12)13(7-14)9-24-17-19-16(20-21-17)11-4-2-1-3-5-11/h1-7H,8-10H2,(H,19,20,21). The first-order valence-corrected chi connectivity index (χ1v) is 8.78. The molecule has 4 rings (SSSR count). The second-order valence-corrected chi connectivity index (χ2v) is 6.66. The molecule has 2 aromatic carbocycles. The van der Waals surface area contributed by atoms with Crippen LogP contribution in [0.25, 0.3) is 11.4 Å². The van der Waals surface area contributed by atoms with E-state index in [1.165, 1.54) is 11.8 Å². The average Bonchev–Trinajstić information content (AvgIpc) is 3.09. The average molecular weight is 360 g/mol. The van der Waals surface area contributed by atoms with Crippen LogP contribution in [-0.2, 0) is 17.1 Å².